The van der Waals surface area contributed by atoms with Crippen molar-refractivity contribution in [1.29, 1.82) is 0 Å². The van der Waals surface area contributed by atoms with Gasteiger partial charge < -0.3 is 14.8 Å². The SMILES string of the molecule is CCOc1ccc(/C=C/C(=O)Nc2cccc(Cl)c2C)cc1OCC. The molecule has 0 fully saturated rings. The Kier molecular flexibility index (Phi) is 6.90. The molecule has 0 bridgehead atoms. The maximum absolute atomic E-state index is 12.1. The highest BCUT2D eigenvalue weighted by Gasteiger charge is 2.06. The van der Waals surface area contributed by atoms with E-state index in [1.54, 1.807) is 18.2 Å². The van der Waals surface area contributed by atoms with E-state index in [4.69, 9.17) is 21.1 Å². The number of halogens is 1. The second kappa shape index (κ2) is 9.14. The van der Waals surface area contributed by atoms with Gasteiger partial charge in [-0.25, -0.2) is 0 Å². The molecule has 0 heterocycles. The number of amides is 1. The quantitative estimate of drug-likeness (QED) is 0.700. The topological polar surface area (TPSA) is 47.6 Å². The van der Waals surface area contributed by atoms with Crippen molar-refractivity contribution in [2.45, 2.75) is 20.8 Å². The number of benzene rings is 2. The molecule has 0 saturated heterocycles. The van der Waals surface area contributed by atoms with E-state index in [1.807, 2.05) is 45.0 Å². The van der Waals surface area contributed by atoms with E-state index in [9.17, 15) is 4.79 Å². The summed E-state index contributed by atoms with van der Waals surface area (Å²) in [4.78, 5) is 12.1. The van der Waals surface area contributed by atoms with Gasteiger partial charge in [-0.05, 0) is 62.2 Å². The van der Waals surface area contributed by atoms with Crippen LogP contribution in [0.4, 0.5) is 5.69 Å². The van der Waals surface area contributed by atoms with Crippen molar-refractivity contribution < 1.29 is 14.3 Å². The zero-order chi connectivity index (χ0) is 18.2. The Labute approximate surface area is 153 Å². The smallest absolute Gasteiger partial charge is 0.248 e. The van der Waals surface area contributed by atoms with E-state index in [2.05, 4.69) is 5.32 Å². The van der Waals surface area contributed by atoms with E-state index < -0.39 is 0 Å². The fraction of sp³-hybridized carbons (Fsp3) is 0.250. The van der Waals surface area contributed by atoms with Gasteiger partial charge in [-0.1, -0.05) is 23.7 Å². The highest BCUT2D eigenvalue weighted by atomic mass is 35.5. The fourth-order valence-corrected chi connectivity index (χ4v) is 2.44. The number of hydrogen-bond acceptors (Lipinski definition) is 3. The predicted octanol–water partition coefficient (Wildman–Crippen LogP) is 5.10. The number of nitrogens with one attached hydrogen (secondary N) is 1. The summed E-state index contributed by atoms with van der Waals surface area (Å²) in [6, 6.07) is 11.0. The molecule has 0 aromatic heterocycles. The predicted molar refractivity (Wildman–Crippen MR) is 103 cm³/mol. The standard InChI is InChI=1S/C20H22ClNO3/c1-4-24-18-11-9-15(13-19(18)25-5-2)10-12-20(23)22-17-8-6-7-16(21)14(17)3/h6-13H,4-5H2,1-3H3,(H,22,23)/b12-10+. The molecule has 0 aliphatic rings. The lowest BCUT2D eigenvalue weighted by molar-refractivity contribution is -0.111. The minimum Gasteiger partial charge on any atom is -0.490 e. The third kappa shape index (κ3) is 5.26. The Morgan fingerprint density at radius 3 is 2.56 bits per heavy atom. The number of rotatable bonds is 7. The van der Waals surface area contributed by atoms with Gasteiger partial charge >= 0.3 is 0 Å². The van der Waals surface area contributed by atoms with Gasteiger partial charge in [0.1, 0.15) is 0 Å². The van der Waals surface area contributed by atoms with E-state index in [0.29, 0.717) is 35.4 Å². The van der Waals surface area contributed by atoms with Crippen LogP contribution in [-0.2, 0) is 4.79 Å². The highest BCUT2D eigenvalue weighted by molar-refractivity contribution is 6.31. The lowest BCUT2D eigenvalue weighted by Gasteiger charge is -2.11. The van der Waals surface area contributed by atoms with Crippen LogP contribution >= 0.6 is 11.6 Å². The largest absolute Gasteiger partial charge is 0.490 e. The summed E-state index contributed by atoms with van der Waals surface area (Å²) in [5, 5.41) is 3.45. The summed E-state index contributed by atoms with van der Waals surface area (Å²) in [5.74, 6) is 1.13. The summed E-state index contributed by atoms with van der Waals surface area (Å²) >= 11 is 6.06. The van der Waals surface area contributed by atoms with Crippen molar-refractivity contribution in [3.05, 3.63) is 58.6 Å². The van der Waals surface area contributed by atoms with Gasteiger partial charge in [-0.3, -0.25) is 4.79 Å². The molecule has 2 rings (SSSR count). The number of ether oxygens (including phenoxy) is 2. The van der Waals surface area contributed by atoms with Crippen molar-refractivity contribution in [2.75, 3.05) is 18.5 Å². The van der Waals surface area contributed by atoms with Crippen LogP contribution < -0.4 is 14.8 Å². The maximum atomic E-state index is 12.1. The first-order valence-corrected chi connectivity index (χ1v) is 8.56. The van der Waals surface area contributed by atoms with E-state index in [1.165, 1.54) is 6.08 Å². The van der Waals surface area contributed by atoms with Crippen molar-refractivity contribution in [3.63, 3.8) is 0 Å². The normalized spacial score (nSPS) is 10.7. The van der Waals surface area contributed by atoms with Crippen LogP contribution in [0.3, 0.4) is 0 Å². The monoisotopic (exact) mass is 359 g/mol. The summed E-state index contributed by atoms with van der Waals surface area (Å²) in [5.41, 5.74) is 2.39. The van der Waals surface area contributed by atoms with Gasteiger partial charge in [0, 0.05) is 16.8 Å². The van der Waals surface area contributed by atoms with Crippen LogP contribution in [-0.4, -0.2) is 19.1 Å². The lowest BCUT2D eigenvalue weighted by atomic mass is 10.1. The number of anilines is 1. The van der Waals surface area contributed by atoms with Crippen LogP contribution in [0.1, 0.15) is 25.0 Å². The van der Waals surface area contributed by atoms with Crippen molar-refractivity contribution in [2.24, 2.45) is 0 Å². The second-order valence-electron chi connectivity index (χ2n) is 5.31. The molecule has 0 aliphatic carbocycles. The molecule has 0 atom stereocenters. The first kappa shape index (κ1) is 18.9. The molecule has 0 spiro atoms. The van der Waals surface area contributed by atoms with Crippen LogP contribution in [0.15, 0.2) is 42.5 Å². The minimum atomic E-state index is -0.225. The molecule has 0 saturated carbocycles. The molecular formula is C20H22ClNO3. The van der Waals surface area contributed by atoms with Gasteiger partial charge in [-0.2, -0.15) is 0 Å². The van der Waals surface area contributed by atoms with Crippen molar-refractivity contribution >= 4 is 29.3 Å². The second-order valence-corrected chi connectivity index (χ2v) is 5.71. The van der Waals surface area contributed by atoms with Crippen LogP contribution in [0, 0.1) is 6.92 Å². The van der Waals surface area contributed by atoms with Crippen molar-refractivity contribution in [3.8, 4) is 11.5 Å². The summed E-state index contributed by atoms with van der Waals surface area (Å²) in [7, 11) is 0. The van der Waals surface area contributed by atoms with Gasteiger partial charge in [0.15, 0.2) is 11.5 Å². The average Bonchev–Trinajstić information content (AvgIpc) is 2.59. The van der Waals surface area contributed by atoms with Crippen LogP contribution in [0.5, 0.6) is 11.5 Å². The maximum Gasteiger partial charge on any atom is 0.248 e. The Hall–Kier alpha value is -2.46. The molecule has 4 nitrogen and oxygen atoms in total. The Bertz CT molecular complexity index is 772. The fourth-order valence-electron chi connectivity index (χ4n) is 2.26. The molecule has 132 valence electrons. The van der Waals surface area contributed by atoms with E-state index >= 15 is 0 Å². The van der Waals surface area contributed by atoms with E-state index in [0.717, 1.165) is 11.1 Å². The van der Waals surface area contributed by atoms with Gasteiger partial charge in [0.25, 0.3) is 0 Å². The van der Waals surface area contributed by atoms with Gasteiger partial charge in [0.2, 0.25) is 5.91 Å². The average molecular weight is 360 g/mol. The van der Waals surface area contributed by atoms with E-state index in [-0.39, 0.29) is 5.91 Å². The Morgan fingerprint density at radius 2 is 1.84 bits per heavy atom. The summed E-state index contributed by atoms with van der Waals surface area (Å²) < 4.78 is 11.1. The number of carbonyl (C=O) groups excluding carboxylic acids is 1. The zero-order valence-corrected chi connectivity index (χ0v) is 15.4. The molecule has 1 N–H and O–H groups in total. The minimum absolute atomic E-state index is 0.225. The molecule has 2 aromatic carbocycles. The molecule has 5 heteroatoms. The van der Waals surface area contributed by atoms with Gasteiger partial charge in [-0.15, -0.1) is 0 Å². The molecule has 0 radical (unpaired) electrons. The zero-order valence-electron chi connectivity index (χ0n) is 14.6. The van der Waals surface area contributed by atoms with Crippen LogP contribution in [0.2, 0.25) is 5.02 Å². The van der Waals surface area contributed by atoms with Crippen molar-refractivity contribution in [1.82, 2.24) is 0 Å². The summed E-state index contributed by atoms with van der Waals surface area (Å²) in [6.45, 7) is 6.81. The Morgan fingerprint density at radius 1 is 1.12 bits per heavy atom. The molecule has 0 unspecified atom stereocenters. The molecule has 25 heavy (non-hydrogen) atoms. The highest BCUT2D eigenvalue weighted by Crippen LogP contribution is 2.29. The molecule has 0 aliphatic heterocycles. The third-order valence-electron chi connectivity index (χ3n) is 3.52. The molecule has 1 amide bonds. The lowest BCUT2D eigenvalue weighted by Crippen LogP contribution is -2.09. The third-order valence-corrected chi connectivity index (χ3v) is 3.93. The number of hydrogen-bond donors (Lipinski definition) is 1. The first-order chi connectivity index (χ1) is 12.0. The Balaban J connectivity index is 2.11. The van der Waals surface area contributed by atoms with Gasteiger partial charge in [0.05, 0.1) is 13.2 Å². The molecular weight excluding hydrogens is 338 g/mol. The first-order valence-electron chi connectivity index (χ1n) is 8.19. The van der Waals surface area contributed by atoms with Crippen LogP contribution in [0.25, 0.3) is 6.08 Å². The summed E-state index contributed by atoms with van der Waals surface area (Å²) in [6.07, 6.45) is 3.21. The number of carbonyl (C=O) groups is 1. The molecule has 2 aromatic rings.